The lowest BCUT2D eigenvalue weighted by Gasteiger charge is -1.81. The molecule has 0 saturated carbocycles. The van der Waals surface area contributed by atoms with E-state index in [9.17, 15) is 0 Å². The zero-order valence-corrected chi connectivity index (χ0v) is 6.37. The summed E-state index contributed by atoms with van der Waals surface area (Å²) in [6.45, 7) is 4.00. The Labute approximate surface area is 60.1 Å². The standard InChI is InChI=1S/C4H4N4.C2H6/c1-8-3-6-7-4(8)2-5;1-2/h3H,1H3;1-2H3. The highest BCUT2D eigenvalue weighted by molar-refractivity contribution is 5.06. The Kier molecular flexibility index (Phi) is 3.89. The number of nitriles is 1. The van der Waals surface area contributed by atoms with Crippen LogP contribution in [0.25, 0.3) is 0 Å². The van der Waals surface area contributed by atoms with E-state index in [1.54, 1.807) is 11.6 Å². The molecule has 0 radical (unpaired) electrons. The zero-order valence-electron chi connectivity index (χ0n) is 6.37. The third-order valence-electron chi connectivity index (χ3n) is 0.811. The van der Waals surface area contributed by atoms with Gasteiger partial charge in [-0.05, 0) is 0 Å². The van der Waals surface area contributed by atoms with Crippen molar-refractivity contribution >= 4 is 0 Å². The van der Waals surface area contributed by atoms with Crippen LogP contribution in [0.3, 0.4) is 0 Å². The minimum atomic E-state index is 0.338. The summed E-state index contributed by atoms with van der Waals surface area (Å²) >= 11 is 0. The molecular formula is C6H10N4. The van der Waals surface area contributed by atoms with Crippen LogP contribution < -0.4 is 0 Å². The van der Waals surface area contributed by atoms with Gasteiger partial charge in [0.05, 0.1) is 0 Å². The zero-order chi connectivity index (χ0) is 7.98. The van der Waals surface area contributed by atoms with Crippen molar-refractivity contribution < 1.29 is 0 Å². The predicted molar refractivity (Wildman–Crippen MR) is 37.1 cm³/mol. The lowest BCUT2D eigenvalue weighted by molar-refractivity contribution is 0.888. The van der Waals surface area contributed by atoms with Crippen LogP contribution in [0.5, 0.6) is 0 Å². The fourth-order valence-corrected chi connectivity index (χ4v) is 0.384. The Morgan fingerprint density at radius 3 is 2.40 bits per heavy atom. The van der Waals surface area contributed by atoms with Crippen LogP contribution in [0.1, 0.15) is 19.7 Å². The van der Waals surface area contributed by atoms with Crippen molar-refractivity contribution in [1.82, 2.24) is 14.8 Å². The average molecular weight is 138 g/mol. The fourth-order valence-electron chi connectivity index (χ4n) is 0.384. The molecule has 4 nitrogen and oxygen atoms in total. The van der Waals surface area contributed by atoms with Crippen molar-refractivity contribution in [2.75, 3.05) is 0 Å². The number of hydrogen-bond donors (Lipinski definition) is 0. The Bertz CT molecular complexity index is 220. The van der Waals surface area contributed by atoms with Crippen molar-refractivity contribution in [3.05, 3.63) is 12.2 Å². The van der Waals surface area contributed by atoms with E-state index in [0.717, 1.165) is 0 Å². The maximum absolute atomic E-state index is 8.23. The molecule has 0 saturated heterocycles. The van der Waals surface area contributed by atoms with Gasteiger partial charge in [-0.15, -0.1) is 10.2 Å². The first-order valence-electron chi connectivity index (χ1n) is 3.08. The van der Waals surface area contributed by atoms with E-state index in [2.05, 4.69) is 10.2 Å². The Morgan fingerprint density at radius 1 is 1.60 bits per heavy atom. The summed E-state index contributed by atoms with van der Waals surface area (Å²) in [5.41, 5.74) is 0. The maximum Gasteiger partial charge on any atom is 0.234 e. The highest BCUT2D eigenvalue weighted by Crippen LogP contribution is 1.84. The average Bonchev–Trinajstić information content (AvgIpc) is 2.39. The lowest BCUT2D eigenvalue weighted by atomic mass is 10.7. The summed E-state index contributed by atoms with van der Waals surface area (Å²) in [6, 6.07) is 1.86. The van der Waals surface area contributed by atoms with Gasteiger partial charge >= 0.3 is 0 Å². The first-order valence-corrected chi connectivity index (χ1v) is 3.08. The van der Waals surface area contributed by atoms with E-state index in [1.165, 1.54) is 6.33 Å². The monoisotopic (exact) mass is 138 g/mol. The highest BCUT2D eigenvalue weighted by atomic mass is 15.2. The van der Waals surface area contributed by atoms with Crippen molar-refractivity contribution in [1.29, 1.82) is 5.26 Å². The molecule has 10 heavy (non-hydrogen) atoms. The number of rotatable bonds is 0. The van der Waals surface area contributed by atoms with Crippen LogP contribution in [0.15, 0.2) is 6.33 Å². The van der Waals surface area contributed by atoms with E-state index < -0.39 is 0 Å². The van der Waals surface area contributed by atoms with Crippen molar-refractivity contribution in [2.45, 2.75) is 13.8 Å². The molecule has 0 atom stereocenters. The van der Waals surface area contributed by atoms with Gasteiger partial charge in [-0.2, -0.15) is 5.26 Å². The smallest absolute Gasteiger partial charge is 0.234 e. The van der Waals surface area contributed by atoms with Gasteiger partial charge in [0.2, 0.25) is 5.82 Å². The van der Waals surface area contributed by atoms with E-state index in [-0.39, 0.29) is 0 Å². The molecule has 0 aliphatic rings. The minimum absolute atomic E-state index is 0.338. The first-order chi connectivity index (χ1) is 4.84. The fraction of sp³-hybridized carbons (Fsp3) is 0.500. The van der Waals surface area contributed by atoms with Crippen LogP contribution >= 0.6 is 0 Å². The quantitative estimate of drug-likeness (QED) is 0.530. The molecule has 0 N–H and O–H groups in total. The first kappa shape index (κ1) is 8.63. The molecule has 1 rings (SSSR count). The van der Waals surface area contributed by atoms with Gasteiger partial charge in [-0.25, -0.2) is 0 Å². The molecule has 0 fully saturated rings. The number of hydrogen-bond acceptors (Lipinski definition) is 3. The predicted octanol–water partition coefficient (Wildman–Crippen LogP) is 0.713. The normalized spacial score (nSPS) is 7.40. The van der Waals surface area contributed by atoms with Crippen molar-refractivity contribution in [3.8, 4) is 6.07 Å². The molecule has 1 heterocycles. The minimum Gasteiger partial charge on any atom is -0.308 e. The second-order valence-corrected chi connectivity index (χ2v) is 1.38. The largest absolute Gasteiger partial charge is 0.308 e. The molecule has 0 aliphatic heterocycles. The molecule has 0 aromatic carbocycles. The topological polar surface area (TPSA) is 54.5 Å². The second-order valence-electron chi connectivity index (χ2n) is 1.38. The third-order valence-corrected chi connectivity index (χ3v) is 0.811. The van der Waals surface area contributed by atoms with Gasteiger partial charge in [-0.1, -0.05) is 13.8 Å². The van der Waals surface area contributed by atoms with Crippen LogP contribution in [-0.4, -0.2) is 14.8 Å². The third kappa shape index (κ3) is 1.86. The number of nitrogens with zero attached hydrogens (tertiary/aromatic N) is 4. The van der Waals surface area contributed by atoms with E-state index in [4.69, 9.17) is 5.26 Å². The summed E-state index contributed by atoms with van der Waals surface area (Å²) in [5.74, 6) is 0.338. The second kappa shape index (κ2) is 4.50. The number of aromatic nitrogens is 3. The van der Waals surface area contributed by atoms with Gasteiger partial charge < -0.3 is 4.57 Å². The van der Waals surface area contributed by atoms with Gasteiger partial charge in [-0.3, -0.25) is 0 Å². The summed E-state index contributed by atoms with van der Waals surface area (Å²) in [4.78, 5) is 0. The Balaban J connectivity index is 0.000000371. The molecule has 0 spiro atoms. The molecule has 1 aromatic heterocycles. The molecule has 1 aromatic rings. The van der Waals surface area contributed by atoms with Crippen molar-refractivity contribution in [2.24, 2.45) is 7.05 Å². The Morgan fingerprint density at radius 2 is 2.20 bits per heavy atom. The van der Waals surface area contributed by atoms with E-state index >= 15 is 0 Å². The molecule has 4 heteroatoms. The lowest BCUT2D eigenvalue weighted by Crippen LogP contribution is -1.88. The molecule has 0 aliphatic carbocycles. The maximum atomic E-state index is 8.23. The van der Waals surface area contributed by atoms with E-state index in [0.29, 0.717) is 5.82 Å². The summed E-state index contributed by atoms with van der Waals surface area (Å²) in [7, 11) is 1.72. The summed E-state index contributed by atoms with van der Waals surface area (Å²) < 4.78 is 1.56. The molecule has 0 unspecified atom stereocenters. The summed E-state index contributed by atoms with van der Waals surface area (Å²) in [5, 5.41) is 15.2. The van der Waals surface area contributed by atoms with Gasteiger partial charge in [0.25, 0.3) is 0 Å². The van der Waals surface area contributed by atoms with Crippen LogP contribution in [0, 0.1) is 11.3 Å². The highest BCUT2D eigenvalue weighted by Gasteiger charge is 1.92. The van der Waals surface area contributed by atoms with Crippen LogP contribution in [0.2, 0.25) is 0 Å². The molecule has 54 valence electrons. The van der Waals surface area contributed by atoms with Gasteiger partial charge in [0, 0.05) is 7.05 Å². The van der Waals surface area contributed by atoms with Crippen LogP contribution in [-0.2, 0) is 7.05 Å². The van der Waals surface area contributed by atoms with E-state index in [1.807, 2.05) is 19.9 Å². The summed E-state index contributed by atoms with van der Waals surface area (Å²) in [6.07, 6.45) is 1.48. The van der Waals surface area contributed by atoms with Crippen LogP contribution in [0.4, 0.5) is 0 Å². The number of aryl methyl sites for hydroxylation is 1. The Hall–Kier alpha value is -1.37. The SMILES string of the molecule is CC.Cn1cnnc1C#N. The van der Waals surface area contributed by atoms with Gasteiger partial charge in [0.1, 0.15) is 12.4 Å². The molecular weight excluding hydrogens is 128 g/mol. The molecule has 0 bridgehead atoms. The van der Waals surface area contributed by atoms with Gasteiger partial charge in [0.15, 0.2) is 0 Å². The van der Waals surface area contributed by atoms with Crippen molar-refractivity contribution in [3.63, 3.8) is 0 Å². The molecule has 0 amide bonds.